The molecule has 0 saturated heterocycles. The van der Waals surface area contributed by atoms with Crippen LogP contribution in [0.1, 0.15) is 29.5 Å². The first-order valence-corrected chi connectivity index (χ1v) is 6.21. The van der Waals surface area contributed by atoms with Crippen LogP contribution in [0.25, 0.3) is 0 Å². The van der Waals surface area contributed by atoms with E-state index in [1.54, 1.807) is 12.2 Å². The van der Waals surface area contributed by atoms with Crippen molar-refractivity contribution in [3.63, 3.8) is 0 Å². The minimum atomic E-state index is -0.245. The Labute approximate surface area is 113 Å². The minimum Gasteiger partial charge on any atom is -0.398 e. The second kappa shape index (κ2) is 6.41. The van der Waals surface area contributed by atoms with E-state index in [0.29, 0.717) is 23.6 Å². The fourth-order valence-electron chi connectivity index (χ4n) is 1.89. The van der Waals surface area contributed by atoms with E-state index in [1.165, 1.54) is 0 Å². The molecule has 0 aliphatic carbocycles. The van der Waals surface area contributed by atoms with Crippen LogP contribution in [0.5, 0.6) is 0 Å². The number of carbonyl (C=O) groups is 1. The maximum Gasteiger partial charge on any atom is 0.127 e. The molecule has 1 atom stereocenters. The topological polar surface area (TPSA) is 43.1 Å². The van der Waals surface area contributed by atoms with Gasteiger partial charge in [-0.25, -0.2) is 0 Å². The summed E-state index contributed by atoms with van der Waals surface area (Å²) in [7, 11) is 0. The van der Waals surface area contributed by atoms with Crippen molar-refractivity contribution in [3.8, 4) is 0 Å². The number of aldehydes is 1. The van der Waals surface area contributed by atoms with Crippen LogP contribution in [0, 0.1) is 0 Å². The van der Waals surface area contributed by atoms with Gasteiger partial charge in [0.05, 0.1) is 5.02 Å². The van der Waals surface area contributed by atoms with E-state index in [4.69, 9.17) is 17.3 Å². The molecule has 1 rings (SSSR count). The average Bonchev–Trinajstić information content (AvgIpc) is 2.37. The fraction of sp³-hybridized carbons (Fsp3) is 0.267. The predicted octanol–water partition coefficient (Wildman–Crippen LogP) is 3.68. The molecule has 1 aromatic rings. The lowest BCUT2D eigenvalue weighted by Gasteiger charge is -2.17. The largest absolute Gasteiger partial charge is 0.398 e. The van der Waals surface area contributed by atoms with E-state index < -0.39 is 0 Å². The average molecular weight is 264 g/mol. The molecule has 0 radical (unpaired) electrons. The molecule has 0 heterocycles. The predicted molar refractivity (Wildman–Crippen MR) is 78.1 cm³/mol. The van der Waals surface area contributed by atoms with Crippen LogP contribution in [0.15, 0.2) is 31.4 Å². The Kier molecular flexibility index (Phi) is 5.17. The van der Waals surface area contributed by atoms with E-state index in [0.717, 1.165) is 23.0 Å². The molecular formula is C15H18ClNO. The summed E-state index contributed by atoms with van der Waals surface area (Å²) in [6, 6.07) is 1.89. The summed E-state index contributed by atoms with van der Waals surface area (Å²) < 4.78 is 0. The molecule has 3 heteroatoms. The van der Waals surface area contributed by atoms with Crippen molar-refractivity contribution in [1.29, 1.82) is 0 Å². The maximum atomic E-state index is 11.0. The summed E-state index contributed by atoms with van der Waals surface area (Å²) >= 11 is 6.33. The van der Waals surface area contributed by atoms with Crippen molar-refractivity contribution >= 4 is 23.6 Å². The van der Waals surface area contributed by atoms with E-state index in [9.17, 15) is 4.79 Å². The Balaban J connectivity index is 3.48. The monoisotopic (exact) mass is 263 g/mol. The number of nitrogens with two attached hydrogens (primary N) is 1. The van der Waals surface area contributed by atoms with Crippen molar-refractivity contribution in [2.75, 3.05) is 5.73 Å². The van der Waals surface area contributed by atoms with Gasteiger partial charge in [0.25, 0.3) is 0 Å². The second-order valence-corrected chi connectivity index (χ2v) is 4.62. The number of rotatable bonds is 6. The first-order chi connectivity index (χ1) is 8.56. The standard InChI is InChI=1S/C15H18ClNO/c1-4-6-11-8-13(10(3)9-18)14(16)12(7-5-2)15(11)17/h4-5,8-10H,1-2,6-7,17H2,3H3. The number of anilines is 1. The van der Waals surface area contributed by atoms with E-state index in [-0.39, 0.29) is 5.92 Å². The van der Waals surface area contributed by atoms with Gasteiger partial charge in [-0.15, -0.1) is 13.2 Å². The van der Waals surface area contributed by atoms with Crippen molar-refractivity contribution < 1.29 is 4.79 Å². The number of allylic oxidation sites excluding steroid dienone is 2. The minimum absolute atomic E-state index is 0.245. The quantitative estimate of drug-likeness (QED) is 0.483. The molecular weight excluding hydrogens is 246 g/mol. The van der Waals surface area contributed by atoms with Gasteiger partial charge in [-0.1, -0.05) is 36.7 Å². The number of hydrogen-bond acceptors (Lipinski definition) is 2. The van der Waals surface area contributed by atoms with Crippen molar-refractivity contribution in [3.05, 3.63) is 53.1 Å². The highest BCUT2D eigenvalue weighted by Gasteiger charge is 2.17. The zero-order chi connectivity index (χ0) is 13.7. The second-order valence-electron chi connectivity index (χ2n) is 4.24. The van der Waals surface area contributed by atoms with Crippen LogP contribution in [0.3, 0.4) is 0 Å². The number of benzene rings is 1. The molecule has 2 nitrogen and oxygen atoms in total. The molecule has 1 aromatic carbocycles. The Morgan fingerprint density at radius 1 is 1.39 bits per heavy atom. The molecule has 0 bridgehead atoms. The summed E-state index contributed by atoms with van der Waals surface area (Å²) in [6.07, 6.45) is 5.67. The highest BCUT2D eigenvalue weighted by atomic mass is 35.5. The molecule has 0 aromatic heterocycles. The first kappa shape index (κ1) is 14.5. The van der Waals surface area contributed by atoms with Gasteiger partial charge < -0.3 is 10.5 Å². The summed E-state index contributed by atoms with van der Waals surface area (Å²) in [6.45, 7) is 9.24. The number of halogens is 1. The van der Waals surface area contributed by atoms with E-state index in [1.807, 2.05) is 13.0 Å². The van der Waals surface area contributed by atoms with Crippen LogP contribution in [-0.2, 0) is 17.6 Å². The molecule has 96 valence electrons. The smallest absolute Gasteiger partial charge is 0.127 e. The van der Waals surface area contributed by atoms with Gasteiger partial charge in [-0.05, 0) is 29.5 Å². The van der Waals surface area contributed by atoms with Gasteiger partial charge in [0.2, 0.25) is 0 Å². The third kappa shape index (κ3) is 2.82. The van der Waals surface area contributed by atoms with Crippen LogP contribution < -0.4 is 5.73 Å². The Bertz CT molecular complexity index is 480. The molecule has 18 heavy (non-hydrogen) atoms. The molecule has 0 aliphatic rings. The normalized spacial score (nSPS) is 11.9. The van der Waals surface area contributed by atoms with Crippen LogP contribution in [0.4, 0.5) is 5.69 Å². The van der Waals surface area contributed by atoms with Gasteiger partial charge >= 0.3 is 0 Å². The van der Waals surface area contributed by atoms with Crippen LogP contribution in [-0.4, -0.2) is 6.29 Å². The SMILES string of the molecule is C=CCc1cc(C(C)C=O)c(Cl)c(CC=C)c1N. The van der Waals surface area contributed by atoms with Crippen molar-refractivity contribution in [1.82, 2.24) is 0 Å². The van der Waals surface area contributed by atoms with Crippen LogP contribution >= 0.6 is 11.6 Å². The summed E-state index contributed by atoms with van der Waals surface area (Å²) in [5.41, 5.74) is 9.38. The zero-order valence-electron chi connectivity index (χ0n) is 10.6. The molecule has 1 unspecified atom stereocenters. The lowest BCUT2D eigenvalue weighted by atomic mass is 9.93. The Morgan fingerprint density at radius 3 is 2.50 bits per heavy atom. The number of hydrogen-bond donors (Lipinski definition) is 1. The molecule has 0 amide bonds. The highest BCUT2D eigenvalue weighted by Crippen LogP contribution is 2.34. The van der Waals surface area contributed by atoms with Gasteiger partial charge in [-0.3, -0.25) is 0 Å². The lowest BCUT2D eigenvalue weighted by Crippen LogP contribution is -2.06. The molecule has 2 N–H and O–H groups in total. The van der Waals surface area contributed by atoms with Gasteiger partial charge in [0.15, 0.2) is 0 Å². The van der Waals surface area contributed by atoms with Crippen LogP contribution in [0.2, 0.25) is 5.02 Å². The lowest BCUT2D eigenvalue weighted by molar-refractivity contribution is -0.108. The Morgan fingerprint density at radius 2 is 2.00 bits per heavy atom. The maximum absolute atomic E-state index is 11.0. The molecule has 0 aliphatic heterocycles. The summed E-state index contributed by atoms with van der Waals surface area (Å²) in [4.78, 5) is 11.0. The first-order valence-electron chi connectivity index (χ1n) is 5.83. The molecule has 0 spiro atoms. The van der Waals surface area contributed by atoms with Crippen molar-refractivity contribution in [2.24, 2.45) is 0 Å². The fourth-order valence-corrected chi connectivity index (χ4v) is 2.29. The highest BCUT2D eigenvalue weighted by molar-refractivity contribution is 6.32. The number of nitrogen functional groups attached to an aromatic ring is 1. The molecule has 0 saturated carbocycles. The summed E-state index contributed by atoms with van der Waals surface area (Å²) in [5.74, 6) is -0.245. The van der Waals surface area contributed by atoms with E-state index in [2.05, 4.69) is 13.2 Å². The van der Waals surface area contributed by atoms with E-state index >= 15 is 0 Å². The Hall–Kier alpha value is -1.54. The van der Waals surface area contributed by atoms with Gasteiger partial charge in [0.1, 0.15) is 6.29 Å². The van der Waals surface area contributed by atoms with Gasteiger partial charge in [-0.2, -0.15) is 0 Å². The number of carbonyl (C=O) groups excluding carboxylic acids is 1. The summed E-state index contributed by atoms with van der Waals surface area (Å²) in [5, 5.41) is 0.569. The molecule has 0 fully saturated rings. The third-order valence-electron chi connectivity index (χ3n) is 2.93. The van der Waals surface area contributed by atoms with Crippen molar-refractivity contribution in [2.45, 2.75) is 25.7 Å². The third-order valence-corrected chi connectivity index (χ3v) is 3.37. The zero-order valence-corrected chi connectivity index (χ0v) is 11.3. The van der Waals surface area contributed by atoms with Gasteiger partial charge in [0, 0.05) is 11.6 Å².